The summed E-state index contributed by atoms with van der Waals surface area (Å²) in [5.74, 6) is 1.67. The van der Waals surface area contributed by atoms with Crippen LogP contribution in [0.1, 0.15) is 17.2 Å². The molecule has 3 nitrogen and oxygen atoms in total. The van der Waals surface area contributed by atoms with Gasteiger partial charge in [-0.25, -0.2) is 4.98 Å². The number of nitrogens with zero attached hydrogens (tertiary/aromatic N) is 1. The van der Waals surface area contributed by atoms with E-state index in [0.717, 1.165) is 22.7 Å². The highest BCUT2D eigenvalue weighted by Gasteiger charge is 2.08. The fourth-order valence-electron chi connectivity index (χ4n) is 1.83. The lowest BCUT2D eigenvalue weighted by molar-refractivity contribution is 0.414. The summed E-state index contributed by atoms with van der Waals surface area (Å²) in [4.78, 5) is 4.34. The number of pyridine rings is 1. The number of hydrogen-bond acceptors (Lipinski definition) is 3. The molecule has 1 aromatic heterocycles. The van der Waals surface area contributed by atoms with Gasteiger partial charge in [-0.1, -0.05) is 24.3 Å². The van der Waals surface area contributed by atoms with Gasteiger partial charge in [0.1, 0.15) is 11.6 Å². The number of methoxy groups -OCH3 is 1. The maximum Gasteiger partial charge on any atom is 0.126 e. The van der Waals surface area contributed by atoms with E-state index in [2.05, 4.69) is 16.9 Å². The molecule has 0 aliphatic heterocycles. The SMILES string of the molecule is C=CC(Nc1ccc(C)cn1)c1cccc(OC)c1. The van der Waals surface area contributed by atoms with Crippen molar-refractivity contribution in [3.8, 4) is 5.75 Å². The van der Waals surface area contributed by atoms with Crippen molar-refractivity contribution in [1.82, 2.24) is 4.98 Å². The molecule has 0 spiro atoms. The Kier molecular flexibility index (Phi) is 4.18. The smallest absolute Gasteiger partial charge is 0.126 e. The van der Waals surface area contributed by atoms with Crippen molar-refractivity contribution in [1.29, 1.82) is 0 Å². The second-order valence-corrected chi connectivity index (χ2v) is 4.36. The van der Waals surface area contributed by atoms with Gasteiger partial charge in [-0.05, 0) is 36.2 Å². The number of hydrogen-bond donors (Lipinski definition) is 1. The standard InChI is InChI=1S/C16H18N2O/c1-4-15(13-6-5-7-14(10-13)19-3)18-16-9-8-12(2)11-17-16/h4-11,15H,1H2,2-3H3,(H,17,18). The highest BCUT2D eigenvalue weighted by atomic mass is 16.5. The first-order valence-corrected chi connectivity index (χ1v) is 6.18. The van der Waals surface area contributed by atoms with E-state index in [1.54, 1.807) is 7.11 Å². The lowest BCUT2D eigenvalue weighted by atomic mass is 10.1. The highest BCUT2D eigenvalue weighted by molar-refractivity contribution is 5.42. The molecular formula is C16H18N2O. The molecule has 0 saturated heterocycles. The van der Waals surface area contributed by atoms with E-state index in [1.807, 2.05) is 55.6 Å². The van der Waals surface area contributed by atoms with Crippen LogP contribution in [0.2, 0.25) is 0 Å². The average molecular weight is 254 g/mol. The Hall–Kier alpha value is -2.29. The van der Waals surface area contributed by atoms with Crippen molar-refractivity contribution in [2.45, 2.75) is 13.0 Å². The van der Waals surface area contributed by atoms with Crippen LogP contribution >= 0.6 is 0 Å². The van der Waals surface area contributed by atoms with Crippen LogP contribution in [0.25, 0.3) is 0 Å². The van der Waals surface area contributed by atoms with Crippen LogP contribution in [-0.2, 0) is 0 Å². The van der Waals surface area contributed by atoms with Gasteiger partial charge in [-0.2, -0.15) is 0 Å². The number of rotatable bonds is 5. The van der Waals surface area contributed by atoms with Crippen LogP contribution in [-0.4, -0.2) is 12.1 Å². The molecule has 1 heterocycles. The minimum absolute atomic E-state index is 0.00491. The molecule has 1 atom stereocenters. The molecule has 0 aliphatic rings. The van der Waals surface area contributed by atoms with Gasteiger partial charge in [-0.3, -0.25) is 0 Å². The molecule has 1 unspecified atom stereocenters. The van der Waals surface area contributed by atoms with Gasteiger partial charge in [-0.15, -0.1) is 6.58 Å². The minimum atomic E-state index is 0.00491. The molecule has 0 amide bonds. The predicted octanol–water partition coefficient (Wildman–Crippen LogP) is 3.74. The number of aryl methyl sites for hydroxylation is 1. The third-order valence-corrected chi connectivity index (χ3v) is 2.90. The Morgan fingerprint density at radius 3 is 2.79 bits per heavy atom. The molecule has 0 saturated carbocycles. The predicted molar refractivity (Wildman–Crippen MR) is 78.5 cm³/mol. The molecule has 0 bridgehead atoms. The van der Waals surface area contributed by atoms with E-state index >= 15 is 0 Å². The maximum atomic E-state index is 5.24. The van der Waals surface area contributed by atoms with Crippen LogP contribution in [0.5, 0.6) is 5.75 Å². The van der Waals surface area contributed by atoms with E-state index in [9.17, 15) is 0 Å². The Morgan fingerprint density at radius 2 is 2.16 bits per heavy atom. The third-order valence-electron chi connectivity index (χ3n) is 2.90. The molecule has 3 heteroatoms. The van der Waals surface area contributed by atoms with Gasteiger partial charge < -0.3 is 10.1 Å². The minimum Gasteiger partial charge on any atom is -0.497 e. The summed E-state index contributed by atoms with van der Waals surface area (Å²) in [6.45, 7) is 5.89. The fourth-order valence-corrected chi connectivity index (χ4v) is 1.83. The highest BCUT2D eigenvalue weighted by Crippen LogP contribution is 2.23. The van der Waals surface area contributed by atoms with Crippen LogP contribution in [0, 0.1) is 6.92 Å². The summed E-state index contributed by atoms with van der Waals surface area (Å²) < 4.78 is 5.24. The lowest BCUT2D eigenvalue weighted by Crippen LogP contribution is -2.09. The molecule has 1 N–H and O–H groups in total. The zero-order valence-electron chi connectivity index (χ0n) is 11.3. The molecule has 98 valence electrons. The first kappa shape index (κ1) is 13.1. The van der Waals surface area contributed by atoms with E-state index in [4.69, 9.17) is 4.74 Å². The van der Waals surface area contributed by atoms with Crippen molar-refractivity contribution >= 4 is 5.82 Å². The number of aromatic nitrogens is 1. The fraction of sp³-hybridized carbons (Fsp3) is 0.188. The monoisotopic (exact) mass is 254 g/mol. The summed E-state index contributed by atoms with van der Waals surface area (Å²) in [6, 6.07) is 11.9. The number of nitrogens with one attached hydrogen (secondary N) is 1. The quantitative estimate of drug-likeness (QED) is 0.825. The molecular weight excluding hydrogens is 236 g/mol. The molecule has 0 radical (unpaired) electrons. The Labute approximate surface area is 114 Å². The molecule has 2 aromatic rings. The molecule has 2 rings (SSSR count). The first-order valence-electron chi connectivity index (χ1n) is 6.18. The topological polar surface area (TPSA) is 34.2 Å². The van der Waals surface area contributed by atoms with Crippen LogP contribution in [0.4, 0.5) is 5.82 Å². The number of anilines is 1. The molecule has 0 aliphatic carbocycles. The number of ether oxygens (including phenoxy) is 1. The third kappa shape index (κ3) is 3.35. The van der Waals surface area contributed by atoms with E-state index in [1.165, 1.54) is 0 Å². The molecule has 19 heavy (non-hydrogen) atoms. The summed E-state index contributed by atoms with van der Waals surface area (Å²) in [5, 5.41) is 3.34. The zero-order valence-corrected chi connectivity index (χ0v) is 11.3. The van der Waals surface area contributed by atoms with Crippen molar-refractivity contribution in [3.05, 3.63) is 66.4 Å². The van der Waals surface area contributed by atoms with Crippen LogP contribution < -0.4 is 10.1 Å². The molecule has 0 fully saturated rings. The van der Waals surface area contributed by atoms with Crippen LogP contribution in [0.3, 0.4) is 0 Å². The maximum absolute atomic E-state index is 5.24. The van der Waals surface area contributed by atoms with Gasteiger partial charge in [0.25, 0.3) is 0 Å². The number of benzene rings is 1. The van der Waals surface area contributed by atoms with Gasteiger partial charge >= 0.3 is 0 Å². The van der Waals surface area contributed by atoms with Crippen molar-refractivity contribution < 1.29 is 4.74 Å². The Bertz CT molecular complexity index is 549. The molecule has 1 aromatic carbocycles. The summed E-state index contributed by atoms with van der Waals surface area (Å²) >= 11 is 0. The summed E-state index contributed by atoms with van der Waals surface area (Å²) in [6.07, 6.45) is 3.70. The summed E-state index contributed by atoms with van der Waals surface area (Å²) in [7, 11) is 1.66. The Balaban J connectivity index is 2.19. The van der Waals surface area contributed by atoms with E-state index in [0.29, 0.717) is 0 Å². The van der Waals surface area contributed by atoms with Gasteiger partial charge in [0.2, 0.25) is 0 Å². The first-order chi connectivity index (χ1) is 9.22. The van der Waals surface area contributed by atoms with Gasteiger partial charge in [0.15, 0.2) is 0 Å². The van der Waals surface area contributed by atoms with Crippen LogP contribution in [0.15, 0.2) is 55.3 Å². The van der Waals surface area contributed by atoms with E-state index < -0.39 is 0 Å². The second-order valence-electron chi connectivity index (χ2n) is 4.36. The van der Waals surface area contributed by atoms with Crippen molar-refractivity contribution in [2.24, 2.45) is 0 Å². The summed E-state index contributed by atoms with van der Waals surface area (Å²) in [5.41, 5.74) is 2.24. The second kappa shape index (κ2) is 6.05. The van der Waals surface area contributed by atoms with Gasteiger partial charge in [0.05, 0.1) is 13.2 Å². The van der Waals surface area contributed by atoms with Crippen molar-refractivity contribution in [2.75, 3.05) is 12.4 Å². The zero-order chi connectivity index (χ0) is 13.7. The van der Waals surface area contributed by atoms with Gasteiger partial charge in [0, 0.05) is 6.20 Å². The lowest BCUT2D eigenvalue weighted by Gasteiger charge is -2.16. The Morgan fingerprint density at radius 1 is 1.32 bits per heavy atom. The van der Waals surface area contributed by atoms with Crippen molar-refractivity contribution in [3.63, 3.8) is 0 Å². The van der Waals surface area contributed by atoms with E-state index in [-0.39, 0.29) is 6.04 Å². The normalized spacial score (nSPS) is 11.7. The average Bonchev–Trinajstić information content (AvgIpc) is 2.46. The largest absolute Gasteiger partial charge is 0.497 e.